The number of aromatic nitrogens is 2. The molecule has 1 aliphatic rings. The van der Waals surface area contributed by atoms with Gasteiger partial charge in [0.25, 0.3) is 5.91 Å². The van der Waals surface area contributed by atoms with Crippen molar-refractivity contribution in [3.8, 4) is 17.4 Å². The van der Waals surface area contributed by atoms with E-state index in [2.05, 4.69) is 15.3 Å². The van der Waals surface area contributed by atoms with E-state index in [0.717, 1.165) is 18.4 Å². The largest absolute Gasteiger partial charge is 0.474 e. The molecule has 154 valence electrons. The van der Waals surface area contributed by atoms with E-state index in [9.17, 15) is 4.79 Å². The number of carbonyl (C=O) groups is 1. The van der Waals surface area contributed by atoms with Gasteiger partial charge in [-0.1, -0.05) is 0 Å². The molecule has 3 aromatic rings. The first-order chi connectivity index (χ1) is 14.8. The van der Waals surface area contributed by atoms with E-state index in [4.69, 9.17) is 14.2 Å². The van der Waals surface area contributed by atoms with Crippen LogP contribution >= 0.6 is 0 Å². The van der Waals surface area contributed by atoms with Crippen LogP contribution in [-0.2, 0) is 11.3 Å². The number of hydrogen-bond donors (Lipinski definition) is 1. The van der Waals surface area contributed by atoms with Crippen LogP contribution in [-0.4, -0.2) is 35.2 Å². The molecule has 0 bridgehead atoms. The Labute approximate surface area is 175 Å². The molecule has 0 saturated carbocycles. The highest BCUT2D eigenvalue weighted by atomic mass is 16.5. The summed E-state index contributed by atoms with van der Waals surface area (Å²) in [6, 6.07) is 14.3. The molecule has 1 amide bonds. The maximum Gasteiger partial charge on any atom is 0.251 e. The zero-order valence-electron chi connectivity index (χ0n) is 16.5. The monoisotopic (exact) mass is 405 g/mol. The molecule has 0 spiro atoms. The van der Waals surface area contributed by atoms with Gasteiger partial charge in [0.05, 0.1) is 19.4 Å². The number of hydrogen-bond acceptors (Lipinski definition) is 6. The molecule has 7 nitrogen and oxygen atoms in total. The maximum atomic E-state index is 12.5. The normalized spacial score (nSPS) is 14.1. The average Bonchev–Trinajstić information content (AvgIpc) is 2.80. The number of pyridine rings is 2. The second-order valence-electron chi connectivity index (χ2n) is 6.93. The third-order valence-corrected chi connectivity index (χ3v) is 4.69. The fourth-order valence-corrected chi connectivity index (χ4v) is 3.09. The standard InChI is InChI=1S/C23H23N3O4/c27-23(18-3-5-19(6-4-18)29-21-2-1-10-24-16-21)26-15-17-7-11-25-22(14-17)30-20-8-12-28-13-9-20/h1-7,10-11,14,16,20H,8-9,12-13,15H2,(H,26,27). The van der Waals surface area contributed by atoms with Crippen molar-refractivity contribution in [3.63, 3.8) is 0 Å². The minimum absolute atomic E-state index is 0.128. The van der Waals surface area contributed by atoms with Crippen LogP contribution in [0.2, 0.25) is 0 Å². The Morgan fingerprint density at radius 2 is 1.90 bits per heavy atom. The van der Waals surface area contributed by atoms with Crippen molar-refractivity contribution < 1.29 is 19.0 Å². The minimum Gasteiger partial charge on any atom is -0.474 e. The van der Waals surface area contributed by atoms with Gasteiger partial charge >= 0.3 is 0 Å². The van der Waals surface area contributed by atoms with Crippen LogP contribution < -0.4 is 14.8 Å². The maximum absolute atomic E-state index is 12.5. The highest BCUT2D eigenvalue weighted by Gasteiger charge is 2.16. The van der Waals surface area contributed by atoms with Crippen LogP contribution in [0.15, 0.2) is 67.1 Å². The number of benzene rings is 1. The number of amides is 1. The first-order valence-electron chi connectivity index (χ1n) is 9.92. The van der Waals surface area contributed by atoms with Crippen LogP contribution in [0, 0.1) is 0 Å². The lowest BCUT2D eigenvalue weighted by molar-refractivity contribution is 0.0237. The molecule has 0 radical (unpaired) electrons. The first kappa shape index (κ1) is 19.8. The Bertz CT molecular complexity index is 958. The van der Waals surface area contributed by atoms with Crippen molar-refractivity contribution in [1.29, 1.82) is 0 Å². The molecule has 0 unspecified atom stereocenters. The lowest BCUT2D eigenvalue weighted by Gasteiger charge is -2.22. The Morgan fingerprint density at radius 1 is 1.07 bits per heavy atom. The van der Waals surface area contributed by atoms with Gasteiger partial charge in [0.1, 0.15) is 17.6 Å². The summed E-state index contributed by atoms with van der Waals surface area (Å²) < 4.78 is 17.0. The molecular weight excluding hydrogens is 382 g/mol. The van der Waals surface area contributed by atoms with Gasteiger partial charge in [-0.15, -0.1) is 0 Å². The Balaban J connectivity index is 1.30. The quantitative estimate of drug-likeness (QED) is 0.645. The van der Waals surface area contributed by atoms with E-state index < -0.39 is 0 Å². The molecule has 2 aromatic heterocycles. The molecule has 3 heterocycles. The van der Waals surface area contributed by atoms with Crippen LogP contribution in [0.1, 0.15) is 28.8 Å². The minimum atomic E-state index is -0.161. The summed E-state index contributed by atoms with van der Waals surface area (Å²) in [6.07, 6.45) is 6.87. The van der Waals surface area contributed by atoms with Gasteiger partial charge in [-0.05, 0) is 48.0 Å². The van der Waals surface area contributed by atoms with E-state index in [1.165, 1.54) is 0 Å². The van der Waals surface area contributed by atoms with Gasteiger partial charge in [0.15, 0.2) is 0 Å². The van der Waals surface area contributed by atoms with Crippen molar-refractivity contribution in [2.75, 3.05) is 13.2 Å². The van der Waals surface area contributed by atoms with Gasteiger partial charge in [-0.25, -0.2) is 4.98 Å². The van der Waals surface area contributed by atoms with Gasteiger partial charge in [-0.3, -0.25) is 9.78 Å². The van der Waals surface area contributed by atoms with Gasteiger partial charge < -0.3 is 19.5 Å². The highest BCUT2D eigenvalue weighted by molar-refractivity contribution is 5.94. The fourth-order valence-electron chi connectivity index (χ4n) is 3.09. The summed E-state index contributed by atoms with van der Waals surface area (Å²) in [6.45, 7) is 1.82. The number of ether oxygens (including phenoxy) is 3. The van der Waals surface area contributed by atoms with Crippen molar-refractivity contribution >= 4 is 5.91 Å². The predicted octanol–water partition coefficient (Wildman–Crippen LogP) is 3.76. The van der Waals surface area contributed by atoms with Crippen LogP contribution in [0.5, 0.6) is 17.4 Å². The molecule has 1 aliphatic heterocycles. The highest BCUT2D eigenvalue weighted by Crippen LogP contribution is 2.21. The summed E-state index contributed by atoms with van der Waals surface area (Å²) in [5.41, 5.74) is 1.48. The van der Waals surface area contributed by atoms with E-state index in [1.807, 2.05) is 18.2 Å². The summed E-state index contributed by atoms with van der Waals surface area (Å²) in [5.74, 6) is 1.70. The fraction of sp³-hybridized carbons (Fsp3) is 0.261. The molecule has 7 heteroatoms. The molecule has 1 fully saturated rings. The zero-order chi connectivity index (χ0) is 20.6. The number of nitrogens with one attached hydrogen (secondary N) is 1. The van der Waals surface area contributed by atoms with Gasteiger partial charge in [0, 0.05) is 43.4 Å². The zero-order valence-corrected chi connectivity index (χ0v) is 16.5. The Morgan fingerprint density at radius 3 is 2.67 bits per heavy atom. The summed E-state index contributed by atoms with van der Waals surface area (Å²) in [5, 5.41) is 2.92. The van der Waals surface area contributed by atoms with Crippen molar-refractivity contribution in [2.45, 2.75) is 25.5 Å². The number of carbonyl (C=O) groups excluding carboxylic acids is 1. The van der Waals surface area contributed by atoms with Gasteiger partial charge in [0.2, 0.25) is 5.88 Å². The molecule has 1 N–H and O–H groups in total. The first-order valence-corrected chi connectivity index (χ1v) is 9.92. The molecule has 1 saturated heterocycles. The van der Waals surface area contributed by atoms with E-state index in [1.54, 1.807) is 48.9 Å². The van der Waals surface area contributed by atoms with Crippen LogP contribution in [0.3, 0.4) is 0 Å². The van der Waals surface area contributed by atoms with Crippen molar-refractivity contribution in [1.82, 2.24) is 15.3 Å². The van der Waals surface area contributed by atoms with Crippen molar-refractivity contribution in [3.05, 3.63) is 78.2 Å². The topological polar surface area (TPSA) is 82.6 Å². The molecule has 1 aromatic carbocycles. The Hall–Kier alpha value is -3.45. The molecule has 4 rings (SSSR count). The smallest absolute Gasteiger partial charge is 0.251 e. The second-order valence-corrected chi connectivity index (χ2v) is 6.93. The molecule has 0 aliphatic carbocycles. The SMILES string of the molecule is O=C(NCc1ccnc(OC2CCOCC2)c1)c1ccc(Oc2cccnc2)cc1. The Kier molecular flexibility index (Phi) is 6.51. The van der Waals surface area contributed by atoms with E-state index >= 15 is 0 Å². The summed E-state index contributed by atoms with van der Waals surface area (Å²) >= 11 is 0. The average molecular weight is 405 g/mol. The van der Waals surface area contributed by atoms with E-state index in [-0.39, 0.29) is 12.0 Å². The van der Waals surface area contributed by atoms with Crippen molar-refractivity contribution in [2.24, 2.45) is 0 Å². The lowest BCUT2D eigenvalue weighted by atomic mass is 10.1. The van der Waals surface area contributed by atoms with Crippen LogP contribution in [0.4, 0.5) is 0 Å². The molecule has 30 heavy (non-hydrogen) atoms. The second kappa shape index (κ2) is 9.84. The summed E-state index contributed by atoms with van der Waals surface area (Å²) in [7, 11) is 0. The molecular formula is C23H23N3O4. The summed E-state index contributed by atoms with van der Waals surface area (Å²) in [4.78, 5) is 20.7. The number of nitrogens with zero attached hydrogens (tertiary/aromatic N) is 2. The predicted molar refractivity (Wildman–Crippen MR) is 111 cm³/mol. The molecule has 0 atom stereocenters. The third-order valence-electron chi connectivity index (χ3n) is 4.69. The van der Waals surface area contributed by atoms with Gasteiger partial charge in [-0.2, -0.15) is 0 Å². The van der Waals surface area contributed by atoms with E-state index in [0.29, 0.717) is 42.7 Å². The number of rotatable bonds is 7. The third kappa shape index (κ3) is 5.55. The van der Waals surface area contributed by atoms with Crippen LogP contribution in [0.25, 0.3) is 0 Å². The lowest BCUT2D eigenvalue weighted by Crippen LogP contribution is -2.26.